The van der Waals surface area contributed by atoms with Crippen molar-refractivity contribution in [3.8, 4) is 17.2 Å². The third-order valence-corrected chi connectivity index (χ3v) is 3.83. The lowest BCUT2D eigenvalue weighted by molar-refractivity contribution is 1.48. The van der Waals surface area contributed by atoms with Crippen LogP contribution in [-0.2, 0) is 0 Å². The quantitative estimate of drug-likeness (QED) is 0.606. The summed E-state index contributed by atoms with van der Waals surface area (Å²) < 4.78 is 0. The number of hydrogen-bond acceptors (Lipinski definition) is 1. The third-order valence-electron chi connectivity index (χ3n) is 2.40. The van der Waals surface area contributed by atoms with Crippen LogP contribution in [0.15, 0.2) is 30.3 Å². The minimum atomic E-state index is 0.334. The molecule has 0 aliphatic heterocycles. The number of nitriles is 1. The maximum Gasteiger partial charge on any atom is 0.101 e. The molecule has 0 heterocycles. The van der Waals surface area contributed by atoms with Crippen molar-refractivity contribution in [3.05, 3.63) is 56.0 Å². The Bertz CT molecular complexity index is 659. The molecule has 2 rings (SSSR count). The summed E-state index contributed by atoms with van der Waals surface area (Å²) in [5.74, 6) is 0. The summed E-state index contributed by atoms with van der Waals surface area (Å²) in [6, 6.07) is 10.3. The van der Waals surface area contributed by atoms with Gasteiger partial charge in [0.15, 0.2) is 0 Å². The van der Waals surface area contributed by atoms with Gasteiger partial charge < -0.3 is 0 Å². The van der Waals surface area contributed by atoms with Crippen molar-refractivity contribution >= 4 is 46.4 Å². The molecule has 18 heavy (non-hydrogen) atoms. The lowest BCUT2D eigenvalue weighted by Crippen LogP contribution is -1.86. The zero-order valence-corrected chi connectivity index (χ0v) is 11.9. The Morgan fingerprint density at radius 3 is 2.28 bits per heavy atom. The fraction of sp³-hybridized carbons (Fsp3) is 0. The molecule has 0 saturated carbocycles. The van der Waals surface area contributed by atoms with E-state index in [1.54, 1.807) is 30.3 Å². The van der Waals surface area contributed by atoms with Crippen LogP contribution in [0.25, 0.3) is 11.1 Å². The van der Waals surface area contributed by atoms with Crippen molar-refractivity contribution in [1.29, 1.82) is 5.26 Å². The zero-order valence-electron chi connectivity index (χ0n) is 8.85. The van der Waals surface area contributed by atoms with E-state index in [9.17, 15) is 0 Å². The molecule has 0 aliphatic rings. The van der Waals surface area contributed by atoms with Crippen LogP contribution in [0.1, 0.15) is 5.56 Å². The van der Waals surface area contributed by atoms with Gasteiger partial charge in [0, 0.05) is 16.1 Å². The molecule has 0 aromatic heterocycles. The maximum absolute atomic E-state index is 8.95. The van der Waals surface area contributed by atoms with Gasteiger partial charge in [0.2, 0.25) is 0 Å². The van der Waals surface area contributed by atoms with Gasteiger partial charge in [-0.2, -0.15) is 5.26 Å². The molecule has 0 N–H and O–H groups in total. The predicted molar refractivity (Wildman–Crippen MR) is 76.6 cm³/mol. The van der Waals surface area contributed by atoms with Crippen molar-refractivity contribution in [2.45, 2.75) is 0 Å². The van der Waals surface area contributed by atoms with Gasteiger partial charge in [-0.05, 0) is 18.2 Å². The minimum Gasteiger partial charge on any atom is -0.192 e. The largest absolute Gasteiger partial charge is 0.192 e. The highest BCUT2D eigenvalue weighted by atomic mass is 35.5. The molecule has 1 nitrogen and oxygen atoms in total. The van der Waals surface area contributed by atoms with Gasteiger partial charge in [-0.1, -0.05) is 58.5 Å². The molecule has 0 saturated heterocycles. The normalized spacial score (nSPS) is 10.2. The Balaban J connectivity index is 2.74. The lowest BCUT2D eigenvalue weighted by Gasteiger charge is -2.09. The van der Waals surface area contributed by atoms with Crippen LogP contribution in [0.3, 0.4) is 0 Å². The highest BCUT2D eigenvalue weighted by Gasteiger charge is 2.14. The first-order valence-corrected chi connectivity index (χ1v) is 6.39. The smallest absolute Gasteiger partial charge is 0.101 e. The van der Waals surface area contributed by atoms with E-state index in [-0.39, 0.29) is 0 Å². The van der Waals surface area contributed by atoms with Crippen LogP contribution >= 0.6 is 46.4 Å². The second-order valence-corrected chi connectivity index (χ2v) is 5.13. The van der Waals surface area contributed by atoms with Crippen molar-refractivity contribution in [2.75, 3.05) is 0 Å². The van der Waals surface area contributed by atoms with Crippen LogP contribution in [0.5, 0.6) is 0 Å². The summed E-state index contributed by atoms with van der Waals surface area (Å²) >= 11 is 24.2. The molecule has 0 unspecified atom stereocenters. The number of nitrogens with zero attached hydrogens (tertiary/aromatic N) is 1. The molecule has 2 aromatic rings. The van der Waals surface area contributed by atoms with E-state index in [0.29, 0.717) is 36.8 Å². The molecule has 0 amide bonds. The van der Waals surface area contributed by atoms with Crippen LogP contribution in [-0.4, -0.2) is 0 Å². The standard InChI is InChI=1S/C13H5Cl4N/c14-8-4-10(13(17)11(15)5-8)9-3-1-2-7(6-18)12(9)16/h1-5H. The van der Waals surface area contributed by atoms with Crippen LogP contribution in [0, 0.1) is 11.3 Å². The van der Waals surface area contributed by atoms with Gasteiger partial charge in [-0.15, -0.1) is 0 Å². The number of hydrogen-bond donors (Lipinski definition) is 0. The van der Waals surface area contributed by atoms with Crippen LogP contribution < -0.4 is 0 Å². The van der Waals surface area contributed by atoms with E-state index < -0.39 is 0 Å². The van der Waals surface area contributed by atoms with E-state index in [1.165, 1.54) is 0 Å². The lowest BCUT2D eigenvalue weighted by atomic mass is 10.0. The zero-order chi connectivity index (χ0) is 13.3. The van der Waals surface area contributed by atoms with E-state index in [4.69, 9.17) is 51.7 Å². The first kappa shape index (κ1) is 13.5. The van der Waals surface area contributed by atoms with Gasteiger partial charge in [0.25, 0.3) is 0 Å². The predicted octanol–water partition coefficient (Wildman–Crippen LogP) is 5.84. The first-order valence-electron chi connectivity index (χ1n) is 4.88. The van der Waals surface area contributed by atoms with Gasteiger partial charge in [0.05, 0.1) is 20.6 Å². The fourth-order valence-corrected chi connectivity index (χ4v) is 2.55. The monoisotopic (exact) mass is 315 g/mol. The van der Waals surface area contributed by atoms with Gasteiger partial charge >= 0.3 is 0 Å². The van der Waals surface area contributed by atoms with Crippen LogP contribution in [0.4, 0.5) is 0 Å². The molecule has 0 radical (unpaired) electrons. The van der Waals surface area contributed by atoms with Crippen molar-refractivity contribution in [1.82, 2.24) is 0 Å². The summed E-state index contributed by atoms with van der Waals surface area (Å²) in [5.41, 5.74) is 1.61. The topological polar surface area (TPSA) is 23.8 Å². The van der Waals surface area contributed by atoms with E-state index in [1.807, 2.05) is 6.07 Å². The fourth-order valence-electron chi connectivity index (χ4n) is 1.58. The van der Waals surface area contributed by atoms with E-state index >= 15 is 0 Å². The Morgan fingerprint density at radius 2 is 1.61 bits per heavy atom. The second kappa shape index (κ2) is 5.38. The van der Waals surface area contributed by atoms with Crippen LogP contribution in [0.2, 0.25) is 20.1 Å². The maximum atomic E-state index is 8.95. The molecule has 90 valence electrons. The average Bonchev–Trinajstić information content (AvgIpc) is 2.34. The molecule has 2 aromatic carbocycles. The summed E-state index contributed by atoms with van der Waals surface area (Å²) in [4.78, 5) is 0. The molecule has 0 spiro atoms. The van der Waals surface area contributed by atoms with E-state index in [2.05, 4.69) is 0 Å². The highest BCUT2D eigenvalue weighted by molar-refractivity contribution is 6.45. The highest BCUT2D eigenvalue weighted by Crippen LogP contribution is 2.40. The minimum absolute atomic E-state index is 0.334. The molecule has 5 heteroatoms. The Hall–Kier alpha value is -0.910. The molecular weight excluding hydrogens is 312 g/mol. The SMILES string of the molecule is N#Cc1cccc(-c2cc(Cl)cc(Cl)c2Cl)c1Cl. The number of benzene rings is 2. The third kappa shape index (κ3) is 2.43. The summed E-state index contributed by atoms with van der Waals surface area (Å²) in [5, 5.41) is 10.4. The summed E-state index contributed by atoms with van der Waals surface area (Å²) in [6.07, 6.45) is 0. The number of rotatable bonds is 1. The summed E-state index contributed by atoms with van der Waals surface area (Å²) in [7, 11) is 0. The first-order chi connectivity index (χ1) is 8.54. The summed E-state index contributed by atoms with van der Waals surface area (Å²) in [6.45, 7) is 0. The molecule has 0 fully saturated rings. The van der Waals surface area contributed by atoms with Gasteiger partial charge in [-0.3, -0.25) is 0 Å². The number of halogens is 4. The van der Waals surface area contributed by atoms with Gasteiger partial charge in [0.1, 0.15) is 6.07 Å². The van der Waals surface area contributed by atoms with Crippen molar-refractivity contribution in [3.63, 3.8) is 0 Å². The Morgan fingerprint density at radius 1 is 0.889 bits per heavy atom. The average molecular weight is 317 g/mol. The second-order valence-electron chi connectivity index (χ2n) is 3.53. The Kier molecular flexibility index (Phi) is 4.04. The van der Waals surface area contributed by atoms with Crippen molar-refractivity contribution in [2.24, 2.45) is 0 Å². The molecular formula is C13H5Cl4N. The van der Waals surface area contributed by atoms with Gasteiger partial charge in [-0.25, -0.2) is 0 Å². The molecule has 0 bridgehead atoms. The van der Waals surface area contributed by atoms with Crippen molar-refractivity contribution < 1.29 is 0 Å². The molecule has 0 aliphatic carbocycles. The Labute approximate surface area is 124 Å². The van der Waals surface area contributed by atoms with E-state index in [0.717, 1.165) is 0 Å². The molecule has 0 atom stereocenters.